The minimum atomic E-state index is -1.33. The molecule has 0 saturated carbocycles. The van der Waals surface area contributed by atoms with E-state index in [1.54, 1.807) is 6.08 Å². The molecule has 1 aromatic rings. The summed E-state index contributed by atoms with van der Waals surface area (Å²) >= 11 is 0. The first-order valence-electron chi connectivity index (χ1n) is 5.96. The van der Waals surface area contributed by atoms with Crippen molar-refractivity contribution in [2.24, 2.45) is 5.41 Å². The second kappa shape index (κ2) is 4.66. The van der Waals surface area contributed by atoms with E-state index in [0.29, 0.717) is 6.42 Å². The van der Waals surface area contributed by atoms with Gasteiger partial charge >= 0.3 is 5.97 Å². The first kappa shape index (κ1) is 12.4. The fourth-order valence-corrected chi connectivity index (χ4v) is 2.47. The van der Waals surface area contributed by atoms with Gasteiger partial charge < -0.3 is 5.11 Å². The van der Waals surface area contributed by atoms with Crippen LogP contribution < -0.4 is 0 Å². The van der Waals surface area contributed by atoms with Gasteiger partial charge in [0, 0.05) is 5.92 Å². The Kier molecular flexibility index (Phi) is 3.20. The van der Waals surface area contributed by atoms with E-state index in [1.165, 1.54) is 0 Å². The smallest absolute Gasteiger partial charge is 0.325 e. The zero-order chi connectivity index (χ0) is 13.2. The number of carboxylic acids is 1. The average Bonchev–Trinajstić information content (AvgIpc) is 2.39. The number of aliphatic carboxylic acids is 1. The van der Waals surface area contributed by atoms with E-state index in [-0.39, 0.29) is 12.3 Å². The molecule has 3 heteroatoms. The van der Waals surface area contributed by atoms with Crippen molar-refractivity contribution < 1.29 is 9.90 Å². The molecule has 2 rings (SSSR count). The number of carbonyl (C=O) groups is 1. The third-order valence-corrected chi connectivity index (χ3v) is 3.63. The molecule has 92 valence electrons. The normalized spacial score (nSPS) is 26.6. The van der Waals surface area contributed by atoms with Gasteiger partial charge in [-0.05, 0) is 25.3 Å². The van der Waals surface area contributed by atoms with Gasteiger partial charge in [0.15, 0.2) is 5.41 Å². The van der Waals surface area contributed by atoms with Crippen molar-refractivity contribution in [1.82, 2.24) is 0 Å². The van der Waals surface area contributed by atoms with E-state index in [4.69, 9.17) is 0 Å². The molecule has 1 aromatic carbocycles. The molecular weight excluding hydrogens is 226 g/mol. The summed E-state index contributed by atoms with van der Waals surface area (Å²) in [5.74, 6) is -1.30. The molecule has 1 aliphatic rings. The summed E-state index contributed by atoms with van der Waals surface area (Å²) in [5, 5.41) is 18.8. The number of allylic oxidation sites excluding steroid dienone is 2. The Labute approximate surface area is 106 Å². The van der Waals surface area contributed by atoms with Crippen molar-refractivity contribution in [2.75, 3.05) is 0 Å². The highest BCUT2D eigenvalue weighted by molar-refractivity contribution is 5.80. The van der Waals surface area contributed by atoms with E-state index in [2.05, 4.69) is 0 Å². The lowest BCUT2D eigenvalue weighted by Crippen LogP contribution is -2.37. The van der Waals surface area contributed by atoms with Crippen LogP contribution in [0, 0.1) is 23.7 Å². The zero-order valence-electron chi connectivity index (χ0n) is 10.3. The molecule has 1 aliphatic carbocycles. The molecule has 0 radical (unpaired) electrons. The monoisotopic (exact) mass is 241 g/mol. The maximum Gasteiger partial charge on any atom is 0.325 e. The number of hydrogen-bond donors (Lipinski definition) is 1. The van der Waals surface area contributed by atoms with Gasteiger partial charge in [-0.15, -0.1) is 0 Å². The summed E-state index contributed by atoms with van der Waals surface area (Å²) in [6, 6.07) is 9.79. The van der Waals surface area contributed by atoms with Gasteiger partial charge in [-0.25, -0.2) is 0 Å². The van der Waals surface area contributed by atoms with E-state index >= 15 is 0 Å². The first-order valence-corrected chi connectivity index (χ1v) is 5.96. The van der Waals surface area contributed by atoms with Crippen LogP contribution in [0.25, 0.3) is 0 Å². The molecule has 0 aliphatic heterocycles. The lowest BCUT2D eigenvalue weighted by atomic mass is 9.67. The Balaban J connectivity index is 2.47. The van der Waals surface area contributed by atoms with Crippen LogP contribution in [0.2, 0.25) is 0 Å². The third-order valence-electron chi connectivity index (χ3n) is 3.63. The number of rotatable bonds is 2. The van der Waals surface area contributed by atoms with Gasteiger partial charge in [-0.3, -0.25) is 4.79 Å². The largest absolute Gasteiger partial charge is 0.480 e. The second-order valence-corrected chi connectivity index (χ2v) is 4.76. The van der Waals surface area contributed by atoms with Crippen molar-refractivity contribution in [1.29, 1.82) is 5.26 Å². The van der Waals surface area contributed by atoms with E-state index < -0.39 is 11.4 Å². The van der Waals surface area contributed by atoms with Crippen molar-refractivity contribution in [3.05, 3.63) is 47.5 Å². The van der Waals surface area contributed by atoms with Crippen LogP contribution in [0.1, 0.15) is 29.9 Å². The fourth-order valence-electron chi connectivity index (χ4n) is 2.47. The highest BCUT2D eigenvalue weighted by atomic mass is 16.4. The number of hydrogen-bond acceptors (Lipinski definition) is 2. The molecule has 0 amide bonds. The summed E-state index contributed by atoms with van der Waals surface area (Å²) in [4.78, 5) is 11.5. The molecule has 0 heterocycles. The van der Waals surface area contributed by atoms with Crippen LogP contribution >= 0.6 is 0 Å². The molecule has 0 bridgehead atoms. The number of aryl methyl sites for hydroxylation is 1. The lowest BCUT2D eigenvalue weighted by molar-refractivity contribution is -0.146. The molecule has 0 aromatic heterocycles. The quantitative estimate of drug-likeness (QED) is 0.809. The Morgan fingerprint density at radius 2 is 2.06 bits per heavy atom. The molecule has 3 nitrogen and oxygen atoms in total. The molecule has 2 atom stereocenters. The van der Waals surface area contributed by atoms with Crippen molar-refractivity contribution in [3.8, 4) is 6.07 Å². The molecular formula is C15H15NO2. The Morgan fingerprint density at radius 1 is 1.39 bits per heavy atom. The predicted octanol–water partition coefficient (Wildman–Crippen LogP) is 3.02. The van der Waals surface area contributed by atoms with Gasteiger partial charge in [0.1, 0.15) is 0 Å². The van der Waals surface area contributed by atoms with Crippen LogP contribution in [0.5, 0.6) is 0 Å². The summed E-state index contributed by atoms with van der Waals surface area (Å²) in [6.45, 7) is 1.99. The van der Waals surface area contributed by atoms with Crippen LogP contribution in [0.15, 0.2) is 36.4 Å². The van der Waals surface area contributed by atoms with Crippen LogP contribution in [-0.4, -0.2) is 11.1 Å². The third kappa shape index (κ3) is 1.91. The number of carboxylic acid groups (broad SMARTS) is 1. The Bertz CT molecular complexity index is 524. The summed E-state index contributed by atoms with van der Waals surface area (Å²) in [5.41, 5.74) is 0.723. The highest BCUT2D eigenvalue weighted by Crippen LogP contribution is 2.44. The number of nitriles is 1. The van der Waals surface area contributed by atoms with Gasteiger partial charge in [-0.1, -0.05) is 42.0 Å². The summed E-state index contributed by atoms with van der Waals surface area (Å²) in [6.07, 6.45) is 4.63. The van der Waals surface area contributed by atoms with E-state index in [0.717, 1.165) is 11.1 Å². The maximum absolute atomic E-state index is 11.5. The minimum absolute atomic E-state index is 0.273. The number of benzene rings is 1. The topological polar surface area (TPSA) is 61.1 Å². The molecule has 18 heavy (non-hydrogen) atoms. The van der Waals surface area contributed by atoms with E-state index in [1.807, 2.05) is 43.3 Å². The standard InChI is InChI=1S/C15H15NO2/c1-11-5-7-12(8-6-11)13-4-2-3-9-15(13,10-16)14(17)18/h2-3,5-8,13H,4,9H2,1H3,(H,17,18). The first-order chi connectivity index (χ1) is 8.60. The lowest BCUT2D eigenvalue weighted by Gasteiger charge is -2.33. The molecule has 2 unspecified atom stereocenters. The van der Waals surface area contributed by atoms with Gasteiger partial charge in [0.25, 0.3) is 0 Å². The summed E-state index contributed by atoms with van der Waals surface area (Å²) in [7, 11) is 0. The maximum atomic E-state index is 11.5. The van der Waals surface area contributed by atoms with Gasteiger partial charge in [0.05, 0.1) is 6.07 Å². The van der Waals surface area contributed by atoms with E-state index in [9.17, 15) is 15.2 Å². The van der Waals surface area contributed by atoms with Crippen LogP contribution in [0.4, 0.5) is 0 Å². The fraction of sp³-hybridized carbons (Fsp3) is 0.333. The van der Waals surface area contributed by atoms with Crippen molar-refractivity contribution >= 4 is 5.97 Å². The van der Waals surface area contributed by atoms with Gasteiger partial charge in [-0.2, -0.15) is 5.26 Å². The number of nitrogens with zero attached hydrogens (tertiary/aromatic N) is 1. The predicted molar refractivity (Wildman–Crippen MR) is 68.0 cm³/mol. The average molecular weight is 241 g/mol. The summed E-state index contributed by atoms with van der Waals surface area (Å²) < 4.78 is 0. The van der Waals surface area contributed by atoms with Crippen molar-refractivity contribution in [3.63, 3.8) is 0 Å². The van der Waals surface area contributed by atoms with Gasteiger partial charge in [0.2, 0.25) is 0 Å². The molecule has 0 saturated heterocycles. The SMILES string of the molecule is Cc1ccc(C2CC=CCC2(C#N)C(=O)O)cc1. The Hall–Kier alpha value is -2.08. The van der Waals surface area contributed by atoms with Crippen LogP contribution in [-0.2, 0) is 4.79 Å². The molecule has 0 spiro atoms. The molecule has 1 N–H and O–H groups in total. The molecule has 0 fully saturated rings. The van der Waals surface area contributed by atoms with Crippen LogP contribution in [0.3, 0.4) is 0 Å². The Morgan fingerprint density at radius 3 is 2.61 bits per heavy atom. The highest BCUT2D eigenvalue weighted by Gasteiger charge is 2.47. The van der Waals surface area contributed by atoms with Crippen molar-refractivity contribution in [2.45, 2.75) is 25.7 Å². The second-order valence-electron chi connectivity index (χ2n) is 4.76. The zero-order valence-corrected chi connectivity index (χ0v) is 10.3. The minimum Gasteiger partial charge on any atom is -0.480 e.